The summed E-state index contributed by atoms with van der Waals surface area (Å²) in [6, 6.07) is 0.536. The summed E-state index contributed by atoms with van der Waals surface area (Å²) in [7, 11) is 3.38. The Morgan fingerprint density at radius 2 is 1.94 bits per heavy atom. The van der Waals surface area contributed by atoms with Crippen LogP contribution in [-0.4, -0.2) is 50.1 Å². The Balaban J connectivity index is 2.90. The van der Waals surface area contributed by atoms with Gasteiger partial charge in [-0.2, -0.15) is 0 Å². The maximum absolute atomic E-state index is 6.04. The van der Waals surface area contributed by atoms with Crippen molar-refractivity contribution in [1.82, 2.24) is 4.90 Å². The third-order valence-corrected chi connectivity index (χ3v) is 4.56. The molecule has 1 fully saturated rings. The van der Waals surface area contributed by atoms with Crippen molar-refractivity contribution in [1.29, 1.82) is 0 Å². The van der Waals surface area contributed by atoms with Gasteiger partial charge in [-0.25, -0.2) is 0 Å². The molecule has 0 spiro atoms. The molecule has 0 bridgehead atoms. The van der Waals surface area contributed by atoms with E-state index in [9.17, 15) is 0 Å². The van der Waals surface area contributed by atoms with E-state index in [4.69, 9.17) is 15.2 Å². The normalized spacial score (nSPS) is 29.5. The summed E-state index contributed by atoms with van der Waals surface area (Å²) < 4.78 is 11.0. The lowest BCUT2D eigenvalue weighted by molar-refractivity contribution is -0.193. The molecular weight excluding hydrogens is 228 g/mol. The van der Waals surface area contributed by atoms with Crippen molar-refractivity contribution >= 4 is 0 Å². The lowest BCUT2D eigenvalue weighted by Gasteiger charge is -2.51. The monoisotopic (exact) mass is 258 g/mol. The second kappa shape index (κ2) is 6.85. The molecule has 0 aromatic heterocycles. The highest BCUT2D eigenvalue weighted by Gasteiger charge is 2.43. The number of hydrogen-bond donors (Lipinski definition) is 1. The van der Waals surface area contributed by atoms with E-state index < -0.39 is 0 Å². The summed E-state index contributed by atoms with van der Waals surface area (Å²) in [6.45, 7) is 8.33. The molecule has 108 valence electrons. The van der Waals surface area contributed by atoms with Crippen LogP contribution in [0.1, 0.15) is 40.0 Å². The zero-order valence-corrected chi connectivity index (χ0v) is 12.6. The smallest absolute Gasteiger partial charge is 0.176 e. The minimum atomic E-state index is -0.277. The van der Waals surface area contributed by atoms with Crippen LogP contribution in [0.4, 0.5) is 0 Å². The maximum atomic E-state index is 6.04. The van der Waals surface area contributed by atoms with Gasteiger partial charge in [0.25, 0.3) is 0 Å². The topological polar surface area (TPSA) is 47.7 Å². The van der Waals surface area contributed by atoms with Crippen LogP contribution in [0.3, 0.4) is 0 Å². The molecule has 3 unspecified atom stereocenters. The van der Waals surface area contributed by atoms with Crippen LogP contribution in [-0.2, 0) is 9.47 Å². The van der Waals surface area contributed by atoms with E-state index in [2.05, 4.69) is 25.7 Å². The highest BCUT2D eigenvalue weighted by Crippen LogP contribution is 2.32. The Morgan fingerprint density at radius 1 is 1.33 bits per heavy atom. The summed E-state index contributed by atoms with van der Waals surface area (Å²) in [5.41, 5.74) is 5.78. The Labute approximate surface area is 112 Å². The van der Waals surface area contributed by atoms with Crippen LogP contribution in [0.15, 0.2) is 0 Å². The molecule has 0 radical (unpaired) electrons. The summed E-state index contributed by atoms with van der Waals surface area (Å²) in [6.07, 6.45) is 3.50. The average molecular weight is 258 g/mol. The first-order valence-electron chi connectivity index (χ1n) is 7.05. The van der Waals surface area contributed by atoms with Gasteiger partial charge in [0.15, 0.2) is 6.29 Å². The van der Waals surface area contributed by atoms with Gasteiger partial charge in [-0.15, -0.1) is 0 Å². The quantitative estimate of drug-likeness (QED) is 0.738. The lowest BCUT2D eigenvalue weighted by atomic mass is 9.86. The standard InChI is InChI=1S/C14H30N2O2/c1-6-12-8-7-11(2)16(9-12)14(3,10-15)13(17-4)18-5/h11-13H,6-10,15H2,1-5H3. The van der Waals surface area contributed by atoms with E-state index in [1.54, 1.807) is 14.2 Å². The van der Waals surface area contributed by atoms with Crippen molar-refractivity contribution in [2.75, 3.05) is 27.3 Å². The number of nitrogens with zero attached hydrogens (tertiary/aromatic N) is 1. The van der Waals surface area contributed by atoms with Crippen LogP contribution in [0.25, 0.3) is 0 Å². The van der Waals surface area contributed by atoms with Crippen molar-refractivity contribution in [2.24, 2.45) is 11.7 Å². The molecule has 0 aromatic carbocycles. The summed E-state index contributed by atoms with van der Waals surface area (Å²) in [4.78, 5) is 2.49. The molecular formula is C14H30N2O2. The van der Waals surface area contributed by atoms with Crippen molar-refractivity contribution in [2.45, 2.75) is 57.9 Å². The zero-order valence-electron chi connectivity index (χ0n) is 12.6. The molecule has 0 aromatic rings. The first-order chi connectivity index (χ1) is 8.53. The molecule has 1 rings (SSSR count). The van der Waals surface area contributed by atoms with Gasteiger partial charge >= 0.3 is 0 Å². The largest absolute Gasteiger partial charge is 0.354 e. The lowest BCUT2D eigenvalue weighted by Crippen LogP contribution is -2.64. The molecule has 4 heteroatoms. The van der Waals surface area contributed by atoms with Crippen molar-refractivity contribution in [3.63, 3.8) is 0 Å². The minimum Gasteiger partial charge on any atom is -0.354 e. The SMILES string of the molecule is CCC1CCC(C)N(C(C)(CN)C(OC)OC)C1. The second-order valence-electron chi connectivity index (χ2n) is 5.72. The van der Waals surface area contributed by atoms with Gasteiger partial charge in [0, 0.05) is 33.4 Å². The number of hydrogen-bond acceptors (Lipinski definition) is 4. The average Bonchev–Trinajstić information content (AvgIpc) is 2.40. The highest BCUT2D eigenvalue weighted by atomic mass is 16.7. The Bertz CT molecular complexity index is 246. The van der Waals surface area contributed by atoms with Gasteiger partial charge in [-0.3, -0.25) is 4.90 Å². The molecule has 1 saturated heterocycles. The van der Waals surface area contributed by atoms with E-state index in [1.807, 2.05) is 0 Å². The molecule has 2 N–H and O–H groups in total. The number of ether oxygens (including phenoxy) is 2. The number of piperidine rings is 1. The molecule has 1 aliphatic heterocycles. The summed E-state index contributed by atoms with van der Waals surface area (Å²) in [5.74, 6) is 0.765. The molecule has 1 heterocycles. The first-order valence-corrected chi connectivity index (χ1v) is 7.05. The number of nitrogens with two attached hydrogens (primary N) is 1. The minimum absolute atomic E-state index is 0.253. The Kier molecular flexibility index (Phi) is 6.05. The third-order valence-electron chi connectivity index (χ3n) is 4.56. The Morgan fingerprint density at radius 3 is 2.39 bits per heavy atom. The van der Waals surface area contributed by atoms with Crippen molar-refractivity contribution in [3.05, 3.63) is 0 Å². The fourth-order valence-electron chi connectivity index (χ4n) is 3.18. The molecule has 3 atom stereocenters. The number of methoxy groups -OCH3 is 2. The predicted molar refractivity (Wildman–Crippen MR) is 74.4 cm³/mol. The van der Waals surface area contributed by atoms with E-state index in [-0.39, 0.29) is 11.8 Å². The predicted octanol–water partition coefficient (Wildman–Crippen LogP) is 1.83. The van der Waals surface area contributed by atoms with E-state index in [1.165, 1.54) is 19.3 Å². The molecule has 1 aliphatic rings. The van der Waals surface area contributed by atoms with E-state index >= 15 is 0 Å². The van der Waals surface area contributed by atoms with Gasteiger partial charge in [-0.05, 0) is 32.6 Å². The van der Waals surface area contributed by atoms with Gasteiger partial charge < -0.3 is 15.2 Å². The van der Waals surface area contributed by atoms with Gasteiger partial charge in [0.1, 0.15) is 0 Å². The molecule has 4 nitrogen and oxygen atoms in total. The van der Waals surface area contributed by atoms with Gasteiger partial charge in [0.05, 0.1) is 5.54 Å². The summed E-state index contributed by atoms with van der Waals surface area (Å²) >= 11 is 0. The van der Waals surface area contributed by atoms with Crippen LogP contribution < -0.4 is 5.73 Å². The van der Waals surface area contributed by atoms with E-state index in [0.717, 1.165) is 12.5 Å². The number of likely N-dealkylation sites (tertiary alicyclic amines) is 1. The van der Waals surface area contributed by atoms with E-state index in [0.29, 0.717) is 12.6 Å². The molecule has 0 saturated carbocycles. The van der Waals surface area contributed by atoms with Crippen LogP contribution in [0.5, 0.6) is 0 Å². The van der Waals surface area contributed by atoms with Gasteiger partial charge in [-0.1, -0.05) is 13.3 Å². The first kappa shape index (κ1) is 15.9. The fourth-order valence-corrected chi connectivity index (χ4v) is 3.18. The van der Waals surface area contributed by atoms with Crippen LogP contribution >= 0.6 is 0 Å². The van der Waals surface area contributed by atoms with Gasteiger partial charge in [0.2, 0.25) is 0 Å². The van der Waals surface area contributed by atoms with Crippen LogP contribution in [0, 0.1) is 5.92 Å². The van der Waals surface area contributed by atoms with Crippen molar-refractivity contribution in [3.8, 4) is 0 Å². The maximum Gasteiger partial charge on any atom is 0.176 e. The third kappa shape index (κ3) is 3.05. The second-order valence-corrected chi connectivity index (χ2v) is 5.72. The zero-order chi connectivity index (χ0) is 13.8. The van der Waals surface area contributed by atoms with Crippen LogP contribution in [0.2, 0.25) is 0 Å². The molecule has 18 heavy (non-hydrogen) atoms. The summed E-state index contributed by atoms with van der Waals surface area (Å²) in [5, 5.41) is 0. The van der Waals surface area contributed by atoms with Crippen molar-refractivity contribution < 1.29 is 9.47 Å². The fraction of sp³-hybridized carbons (Fsp3) is 1.00. The highest BCUT2D eigenvalue weighted by molar-refractivity contribution is 4.96. The Hall–Kier alpha value is -0.160. The number of rotatable bonds is 6. The molecule has 0 aliphatic carbocycles. The molecule has 0 amide bonds.